The van der Waals surface area contributed by atoms with Crippen LogP contribution >= 0.6 is 0 Å². The molecule has 19 heavy (non-hydrogen) atoms. The van der Waals surface area contributed by atoms with Crippen molar-refractivity contribution in [2.75, 3.05) is 11.4 Å². The standard InChI is InChI=1S/C13H13N3O3/c1-9-11(7-14-15-9)13(19)16(8-12(17)18)10-5-3-2-4-6-10/h2-7H,8H2,1H3,(H,14,15)(H,17,18). The highest BCUT2D eigenvalue weighted by molar-refractivity contribution is 6.08. The lowest BCUT2D eigenvalue weighted by Gasteiger charge is -2.20. The Morgan fingerprint density at radius 3 is 2.53 bits per heavy atom. The summed E-state index contributed by atoms with van der Waals surface area (Å²) in [6.45, 7) is 1.32. The molecule has 0 saturated carbocycles. The quantitative estimate of drug-likeness (QED) is 0.870. The SMILES string of the molecule is Cc1[nH]ncc1C(=O)N(CC(=O)O)c1ccccc1. The zero-order valence-electron chi connectivity index (χ0n) is 10.3. The molecule has 0 bridgehead atoms. The van der Waals surface area contributed by atoms with E-state index in [9.17, 15) is 9.59 Å². The lowest BCUT2D eigenvalue weighted by atomic mass is 10.2. The number of nitrogens with zero attached hydrogens (tertiary/aromatic N) is 2. The second-order valence-corrected chi connectivity index (χ2v) is 4.03. The van der Waals surface area contributed by atoms with E-state index in [2.05, 4.69) is 10.2 Å². The van der Waals surface area contributed by atoms with Crippen molar-refractivity contribution < 1.29 is 14.7 Å². The summed E-state index contributed by atoms with van der Waals surface area (Å²) in [6, 6.07) is 8.68. The Balaban J connectivity index is 2.36. The van der Waals surface area contributed by atoms with E-state index >= 15 is 0 Å². The zero-order valence-corrected chi connectivity index (χ0v) is 10.3. The van der Waals surface area contributed by atoms with Crippen LogP contribution in [0, 0.1) is 6.92 Å². The molecule has 1 heterocycles. The second-order valence-electron chi connectivity index (χ2n) is 4.03. The van der Waals surface area contributed by atoms with Gasteiger partial charge in [-0.15, -0.1) is 0 Å². The minimum atomic E-state index is -1.07. The van der Waals surface area contributed by atoms with Gasteiger partial charge >= 0.3 is 5.97 Å². The minimum absolute atomic E-state index is 0.366. The first-order valence-corrected chi connectivity index (χ1v) is 5.68. The molecule has 6 nitrogen and oxygen atoms in total. The van der Waals surface area contributed by atoms with Gasteiger partial charge in [-0.2, -0.15) is 5.10 Å². The summed E-state index contributed by atoms with van der Waals surface area (Å²) in [6.07, 6.45) is 1.40. The number of benzene rings is 1. The number of aromatic amines is 1. The molecule has 98 valence electrons. The van der Waals surface area contributed by atoms with Gasteiger partial charge in [0.1, 0.15) is 6.54 Å². The molecular weight excluding hydrogens is 246 g/mol. The van der Waals surface area contributed by atoms with Crippen molar-refractivity contribution in [3.63, 3.8) is 0 Å². The molecule has 0 unspecified atom stereocenters. The summed E-state index contributed by atoms with van der Waals surface area (Å²) < 4.78 is 0. The van der Waals surface area contributed by atoms with Crippen LogP contribution in [0.25, 0.3) is 0 Å². The molecule has 2 N–H and O–H groups in total. The van der Waals surface area contributed by atoms with E-state index in [1.807, 2.05) is 0 Å². The number of aromatic nitrogens is 2. The average molecular weight is 259 g/mol. The molecule has 1 aromatic heterocycles. The summed E-state index contributed by atoms with van der Waals surface area (Å²) in [5.41, 5.74) is 1.51. The molecule has 6 heteroatoms. The smallest absolute Gasteiger partial charge is 0.323 e. The van der Waals surface area contributed by atoms with Gasteiger partial charge in [-0.3, -0.25) is 19.6 Å². The largest absolute Gasteiger partial charge is 0.480 e. The first-order valence-electron chi connectivity index (χ1n) is 5.68. The van der Waals surface area contributed by atoms with Crippen LogP contribution in [0.3, 0.4) is 0 Å². The number of hydrogen-bond donors (Lipinski definition) is 2. The normalized spacial score (nSPS) is 10.2. The van der Waals surface area contributed by atoms with Gasteiger partial charge in [0, 0.05) is 11.4 Å². The lowest BCUT2D eigenvalue weighted by molar-refractivity contribution is -0.135. The van der Waals surface area contributed by atoms with Crippen LogP contribution < -0.4 is 4.90 Å². The van der Waals surface area contributed by atoms with Crippen molar-refractivity contribution in [3.8, 4) is 0 Å². The maximum absolute atomic E-state index is 12.4. The molecule has 0 aliphatic rings. The summed E-state index contributed by atoms with van der Waals surface area (Å²) in [5, 5.41) is 15.4. The van der Waals surface area contributed by atoms with E-state index in [0.29, 0.717) is 16.9 Å². The predicted molar refractivity (Wildman–Crippen MR) is 69.1 cm³/mol. The second kappa shape index (κ2) is 5.34. The zero-order chi connectivity index (χ0) is 13.8. The molecule has 0 saturated heterocycles. The average Bonchev–Trinajstić information content (AvgIpc) is 2.82. The number of carboxylic acid groups (broad SMARTS) is 1. The molecule has 2 aromatic rings. The van der Waals surface area contributed by atoms with E-state index in [1.54, 1.807) is 37.3 Å². The maximum Gasteiger partial charge on any atom is 0.323 e. The van der Waals surface area contributed by atoms with Crippen molar-refractivity contribution in [2.45, 2.75) is 6.92 Å². The summed E-state index contributed by atoms with van der Waals surface area (Å²) in [4.78, 5) is 24.5. The van der Waals surface area contributed by atoms with E-state index in [1.165, 1.54) is 11.1 Å². The van der Waals surface area contributed by atoms with Crippen LogP contribution in [0.5, 0.6) is 0 Å². The van der Waals surface area contributed by atoms with Crippen molar-refractivity contribution >= 4 is 17.6 Å². The Bertz CT molecular complexity index is 592. The molecule has 0 fully saturated rings. The molecule has 1 amide bonds. The Morgan fingerprint density at radius 2 is 2.00 bits per heavy atom. The van der Waals surface area contributed by atoms with Gasteiger partial charge in [-0.05, 0) is 19.1 Å². The topological polar surface area (TPSA) is 86.3 Å². The van der Waals surface area contributed by atoms with Gasteiger partial charge in [0.25, 0.3) is 5.91 Å². The number of para-hydroxylation sites is 1. The van der Waals surface area contributed by atoms with Gasteiger partial charge in [0.15, 0.2) is 0 Å². The van der Waals surface area contributed by atoms with Gasteiger partial charge < -0.3 is 5.11 Å². The fourth-order valence-corrected chi connectivity index (χ4v) is 1.74. The number of carboxylic acids is 1. The summed E-state index contributed by atoms with van der Waals surface area (Å²) >= 11 is 0. The van der Waals surface area contributed by atoms with Crippen LogP contribution in [0.4, 0.5) is 5.69 Å². The highest BCUT2D eigenvalue weighted by Crippen LogP contribution is 2.17. The molecule has 0 aliphatic heterocycles. The first-order chi connectivity index (χ1) is 9.09. The Hall–Kier alpha value is -2.63. The number of nitrogens with one attached hydrogen (secondary N) is 1. The number of H-pyrrole nitrogens is 1. The van der Waals surface area contributed by atoms with E-state index in [-0.39, 0.29) is 5.91 Å². The Labute approximate surface area is 109 Å². The molecule has 0 spiro atoms. The maximum atomic E-state index is 12.4. The predicted octanol–water partition coefficient (Wildman–Crippen LogP) is 1.45. The summed E-state index contributed by atoms with van der Waals surface area (Å²) in [5.74, 6) is -1.46. The molecular formula is C13H13N3O3. The van der Waals surface area contributed by atoms with E-state index in [0.717, 1.165) is 0 Å². The van der Waals surface area contributed by atoms with Crippen molar-refractivity contribution in [2.24, 2.45) is 0 Å². The van der Waals surface area contributed by atoms with Crippen LogP contribution in [-0.2, 0) is 4.79 Å². The van der Waals surface area contributed by atoms with Crippen LogP contribution in [0.15, 0.2) is 36.5 Å². The number of anilines is 1. The molecule has 0 aliphatic carbocycles. The summed E-state index contributed by atoms with van der Waals surface area (Å²) in [7, 11) is 0. The van der Waals surface area contributed by atoms with Crippen molar-refractivity contribution in [3.05, 3.63) is 47.8 Å². The fraction of sp³-hybridized carbons (Fsp3) is 0.154. The van der Waals surface area contributed by atoms with Crippen molar-refractivity contribution in [1.82, 2.24) is 10.2 Å². The minimum Gasteiger partial charge on any atom is -0.480 e. The number of carbonyl (C=O) groups excluding carboxylic acids is 1. The van der Waals surface area contributed by atoms with Crippen LogP contribution in [-0.4, -0.2) is 33.7 Å². The van der Waals surface area contributed by atoms with E-state index in [4.69, 9.17) is 5.11 Å². The third-order valence-electron chi connectivity index (χ3n) is 2.67. The molecule has 1 aromatic carbocycles. The number of aryl methyl sites for hydroxylation is 1. The monoisotopic (exact) mass is 259 g/mol. The highest BCUT2D eigenvalue weighted by Gasteiger charge is 2.22. The lowest BCUT2D eigenvalue weighted by Crippen LogP contribution is -2.35. The third kappa shape index (κ3) is 2.79. The van der Waals surface area contributed by atoms with Gasteiger partial charge in [-0.25, -0.2) is 0 Å². The van der Waals surface area contributed by atoms with Crippen molar-refractivity contribution in [1.29, 1.82) is 0 Å². The highest BCUT2D eigenvalue weighted by atomic mass is 16.4. The number of carbonyl (C=O) groups is 2. The number of hydrogen-bond acceptors (Lipinski definition) is 3. The van der Waals surface area contributed by atoms with E-state index < -0.39 is 12.5 Å². The van der Waals surface area contributed by atoms with Gasteiger partial charge in [0.2, 0.25) is 0 Å². The molecule has 0 atom stereocenters. The van der Waals surface area contributed by atoms with Crippen LogP contribution in [0.1, 0.15) is 16.1 Å². The number of amides is 1. The first kappa shape index (κ1) is 12.8. The molecule has 0 radical (unpaired) electrons. The Kier molecular flexibility index (Phi) is 3.61. The number of rotatable bonds is 4. The van der Waals surface area contributed by atoms with Gasteiger partial charge in [-0.1, -0.05) is 18.2 Å². The Morgan fingerprint density at radius 1 is 1.32 bits per heavy atom. The number of aliphatic carboxylic acids is 1. The van der Waals surface area contributed by atoms with Crippen LogP contribution in [0.2, 0.25) is 0 Å². The van der Waals surface area contributed by atoms with Gasteiger partial charge in [0.05, 0.1) is 11.8 Å². The molecule has 2 rings (SSSR count). The third-order valence-corrected chi connectivity index (χ3v) is 2.67. The fourth-order valence-electron chi connectivity index (χ4n) is 1.74.